The Hall–Kier alpha value is -3.58. The molecule has 0 saturated heterocycles. The average Bonchev–Trinajstić information content (AvgIpc) is 2.81. The normalized spacial score (nSPS) is 12.7. The standard InChI is InChI=1S/C27H27N3O/c1-20-5-2-3-6-24(20)19-29-25-13-14-26-23(17-25)7-4-16-30(26)27(31)15-12-21-8-10-22(18-28)11-9-21/h2-3,5-6,8-11,13-14,17,29H,4,7,12,15-16,19H2,1H3. The van der Waals surface area contributed by atoms with Gasteiger partial charge in [0.15, 0.2) is 0 Å². The Balaban J connectivity index is 1.40. The molecule has 0 aromatic heterocycles. The molecule has 3 aromatic rings. The summed E-state index contributed by atoms with van der Waals surface area (Å²) in [5.74, 6) is 0.158. The van der Waals surface area contributed by atoms with Crippen molar-refractivity contribution in [3.63, 3.8) is 0 Å². The number of carbonyl (C=O) groups excluding carboxylic acids is 1. The number of nitrogens with zero attached hydrogens (tertiary/aromatic N) is 2. The third kappa shape index (κ3) is 4.95. The van der Waals surface area contributed by atoms with Gasteiger partial charge in [-0.2, -0.15) is 5.26 Å². The van der Waals surface area contributed by atoms with Gasteiger partial charge in [0, 0.05) is 30.9 Å². The SMILES string of the molecule is Cc1ccccc1CNc1ccc2c(c1)CCCN2C(=O)CCc1ccc(C#N)cc1. The molecule has 3 aromatic carbocycles. The van der Waals surface area contributed by atoms with E-state index in [0.717, 1.165) is 42.9 Å². The first-order valence-electron chi connectivity index (χ1n) is 10.8. The molecule has 0 bridgehead atoms. The van der Waals surface area contributed by atoms with Gasteiger partial charge in [0.2, 0.25) is 5.91 Å². The highest BCUT2D eigenvalue weighted by Gasteiger charge is 2.22. The van der Waals surface area contributed by atoms with Gasteiger partial charge in [-0.3, -0.25) is 4.79 Å². The maximum atomic E-state index is 12.9. The Bertz CT molecular complexity index is 1110. The molecule has 1 aliphatic rings. The van der Waals surface area contributed by atoms with E-state index < -0.39 is 0 Å². The van der Waals surface area contributed by atoms with Crippen molar-refractivity contribution in [2.75, 3.05) is 16.8 Å². The lowest BCUT2D eigenvalue weighted by Crippen LogP contribution is -2.35. The van der Waals surface area contributed by atoms with Crippen LogP contribution in [0.25, 0.3) is 0 Å². The van der Waals surface area contributed by atoms with Crippen LogP contribution in [0.2, 0.25) is 0 Å². The van der Waals surface area contributed by atoms with Gasteiger partial charge in [-0.15, -0.1) is 0 Å². The molecule has 0 aliphatic carbocycles. The van der Waals surface area contributed by atoms with Crippen molar-refractivity contribution in [1.82, 2.24) is 0 Å². The lowest BCUT2D eigenvalue weighted by atomic mass is 9.99. The summed E-state index contributed by atoms with van der Waals surface area (Å²) in [6.45, 7) is 3.69. The van der Waals surface area contributed by atoms with E-state index >= 15 is 0 Å². The highest BCUT2D eigenvalue weighted by Crippen LogP contribution is 2.30. The van der Waals surface area contributed by atoms with Crippen molar-refractivity contribution in [3.8, 4) is 6.07 Å². The first kappa shape index (κ1) is 20.7. The van der Waals surface area contributed by atoms with Crippen molar-refractivity contribution in [2.45, 2.75) is 39.2 Å². The number of rotatable bonds is 6. The van der Waals surface area contributed by atoms with E-state index in [1.165, 1.54) is 16.7 Å². The van der Waals surface area contributed by atoms with Crippen molar-refractivity contribution < 1.29 is 4.79 Å². The molecule has 0 radical (unpaired) electrons. The van der Waals surface area contributed by atoms with Crippen LogP contribution in [-0.2, 0) is 24.2 Å². The number of aryl methyl sites for hydroxylation is 3. The van der Waals surface area contributed by atoms with E-state index in [2.05, 4.69) is 60.8 Å². The second kappa shape index (κ2) is 9.49. The lowest BCUT2D eigenvalue weighted by molar-refractivity contribution is -0.118. The number of benzene rings is 3. The molecule has 1 aliphatic heterocycles. The molecule has 4 rings (SSSR count). The van der Waals surface area contributed by atoms with Gasteiger partial charge in [0.1, 0.15) is 0 Å². The molecule has 1 N–H and O–H groups in total. The zero-order valence-corrected chi connectivity index (χ0v) is 17.9. The second-order valence-corrected chi connectivity index (χ2v) is 8.08. The lowest BCUT2D eigenvalue weighted by Gasteiger charge is -2.30. The minimum atomic E-state index is 0.158. The Labute approximate surface area is 184 Å². The number of carbonyl (C=O) groups is 1. The summed E-state index contributed by atoms with van der Waals surface area (Å²) in [4.78, 5) is 14.9. The van der Waals surface area contributed by atoms with E-state index in [4.69, 9.17) is 5.26 Å². The van der Waals surface area contributed by atoms with Crippen molar-refractivity contribution in [1.29, 1.82) is 5.26 Å². The van der Waals surface area contributed by atoms with Gasteiger partial charge in [-0.05, 0) is 78.8 Å². The fourth-order valence-corrected chi connectivity index (χ4v) is 4.10. The van der Waals surface area contributed by atoms with Crippen LogP contribution in [0.5, 0.6) is 0 Å². The summed E-state index contributed by atoms with van der Waals surface area (Å²) in [7, 11) is 0. The van der Waals surface area contributed by atoms with Crippen LogP contribution in [0.15, 0.2) is 66.7 Å². The van der Waals surface area contributed by atoms with E-state index in [1.807, 2.05) is 29.2 Å². The smallest absolute Gasteiger partial charge is 0.227 e. The van der Waals surface area contributed by atoms with Crippen LogP contribution < -0.4 is 10.2 Å². The predicted octanol–water partition coefficient (Wildman–Crippen LogP) is 5.39. The Kier molecular flexibility index (Phi) is 6.33. The van der Waals surface area contributed by atoms with Crippen LogP contribution >= 0.6 is 0 Å². The topological polar surface area (TPSA) is 56.1 Å². The summed E-state index contributed by atoms with van der Waals surface area (Å²) >= 11 is 0. The Morgan fingerprint density at radius 2 is 1.90 bits per heavy atom. The first-order chi connectivity index (χ1) is 15.1. The Morgan fingerprint density at radius 1 is 1.10 bits per heavy atom. The average molecular weight is 410 g/mol. The maximum Gasteiger partial charge on any atom is 0.227 e. The second-order valence-electron chi connectivity index (χ2n) is 8.08. The number of hydrogen-bond acceptors (Lipinski definition) is 3. The molecule has 4 heteroatoms. The number of hydrogen-bond donors (Lipinski definition) is 1. The third-order valence-corrected chi connectivity index (χ3v) is 5.95. The zero-order chi connectivity index (χ0) is 21.6. The molecule has 31 heavy (non-hydrogen) atoms. The molecule has 0 spiro atoms. The minimum Gasteiger partial charge on any atom is -0.381 e. The summed E-state index contributed by atoms with van der Waals surface area (Å²) < 4.78 is 0. The quantitative estimate of drug-likeness (QED) is 0.594. The van der Waals surface area contributed by atoms with Crippen molar-refractivity contribution in [2.24, 2.45) is 0 Å². The largest absolute Gasteiger partial charge is 0.381 e. The van der Waals surface area contributed by atoms with Gasteiger partial charge in [0.05, 0.1) is 11.6 Å². The van der Waals surface area contributed by atoms with Crippen LogP contribution in [0.1, 0.15) is 40.7 Å². The molecule has 4 nitrogen and oxygen atoms in total. The fourth-order valence-electron chi connectivity index (χ4n) is 4.10. The maximum absolute atomic E-state index is 12.9. The Morgan fingerprint density at radius 3 is 2.68 bits per heavy atom. The zero-order valence-electron chi connectivity index (χ0n) is 17.9. The monoisotopic (exact) mass is 409 g/mol. The van der Waals surface area contributed by atoms with E-state index in [-0.39, 0.29) is 5.91 Å². The van der Waals surface area contributed by atoms with Gasteiger partial charge in [0.25, 0.3) is 0 Å². The molecule has 0 saturated carbocycles. The molecule has 1 amide bonds. The predicted molar refractivity (Wildman–Crippen MR) is 125 cm³/mol. The minimum absolute atomic E-state index is 0.158. The molecule has 0 unspecified atom stereocenters. The van der Waals surface area contributed by atoms with Gasteiger partial charge < -0.3 is 10.2 Å². The summed E-state index contributed by atoms with van der Waals surface area (Å²) in [6, 6.07) is 24.4. The van der Waals surface area contributed by atoms with E-state index in [9.17, 15) is 4.79 Å². The van der Waals surface area contributed by atoms with E-state index in [0.29, 0.717) is 18.4 Å². The highest BCUT2D eigenvalue weighted by molar-refractivity contribution is 5.95. The van der Waals surface area contributed by atoms with Gasteiger partial charge >= 0.3 is 0 Å². The first-order valence-corrected chi connectivity index (χ1v) is 10.8. The number of amides is 1. The van der Waals surface area contributed by atoms with Crippen LogP contribution in [0.4, 0.5) is 11.4 Å². The highest BCUT2D eigenvalue weighted by atomic mass is 16.2. The molecule has 1 heterocycles. The van der Waals surface area contributed by atoms with Gasteiger partial charge in [-0.1, -0.05) is 36.4 Å². The molecule has 156 valence electrons. The van der Waals surface area contributed by atoms with Crippen LogP contribution in [-0.4, -0.2) is 12.5 Å². The molecular weight excluding hydrogens is 382 g/mol. The van der Waals surface area contributed by atoms with Crippen LogP contribution in [0.3, 0.4) is 0 Å². The summed E-state index contributed by atoms with van der Waals surface area (Å²) in [5, 5.41) is 12.4. The molecule has 0 atom stereocenters. The summed E-state index contributed by atoms with van der Waals surface area (Å²) in [6.07, 6.45) is 3.14. The molecule has 0 fully saturated rings. The number of nitrogens with one attached hydrogen (secondary N) is 1. The number of anilines is 2. The fraction of sp³-hybridized carbons (Fsp3) is 0.259. The van der Waals surface area contributed by atoms with Crippen molar-refractivity contribution >= 4 is 17.3 Å². The van der Waals surface area contributed by atoms with Crippen LogP contribution in [0, 0.1) is 18.3 Å². The van der Waals surface area contributed by atoms with Gasteiger partial charge in [-0.25, -0.2) is 0 Å². The third-order valence-electron chi connectivity index (χ3n) is 5.95. The molecular formula is C27H27N3O. The van der Waals surface area contributed by atoms with E-state index in [1.54, 1.807) is 0 Å². The number of nitriles is 1. The number of fused-ring (bicyclic) bond motifs is 1. The van der Waals surface area contributed by atoms with Crippen molar-refractivity contribution in [3.05, 3.63) is 94.5 Å². The summed E-state index contributed by atoms with van der Waals surface area (Å²) in [5.41, 5.74) is 7.66.